The van der Waals surface area contributed by atoms with Gasteiger partial charge in [-0.05, 0) is 43.7 Å². The second kappa shape index (κ2) is 7.07. The Morgan fingerprint density at radius 3 is 2.64 bits per heavy atom. The fourth-order valence-electron chi connectivity index (χ4n) is 2.78. The lowest BCUT2D eigenvalue weighted by molar-refractivity contribution is 0.0459. The van der Waals surface area contributed by atoms with Crippen LogP contribution in [0.25, 0.3) is 11.3 Å². The first kappa shape index (κ1) is 17.6. The van der Waals surface area contributed by atoms with Crippen molar-refractivity contribution in [2.24, 2.45) is 0 Å². The van der Waals surface area contributed by atoms with Crippen LogP contribution in [0.15, 0.2) is 59.5 Å². The molecule has 0 unspecified atom stereocenters. The molecule has 0 spiro atoms. The summed E-state index contributed by atoms with van der Waals surface area (Å²) in [5.74, 6) is -0.620. The number of nitrogens with zero attached hydrogens (tertiary/aromatic N) is 5. The lowest BCUT2D eigenvalue weighted by Gasteiger charge is -2.05. The van der Waals surface area contributed by atoms with Crippen LogP contribution in [0.2, 0.25) is 0 Å². The summed E-state index contributed by atoms with van der Waals surface area (Å²) in [4.78, 5) is 30.4. The summed E-state index contributed by atoms with van der Waals surface area (Å²) in [5, 5.41) is 8.47. The number of hydrogen-bond acceptors (Lipinski definition) is 6. The van der Waals surface area contributed by atoms with E-state index in [1.165, 1.54) is 15.3 Å². The van der Waals surface area contributed by atoms with Gasteiger partial charge in [-0.2, -0.15) is 9.90 Å². The van der Waals surface area contributed by atoms with Crippen LogP contribution in [0.3, 0.4) is 0 Å². The average Bonchev–Trinajstić information content (AvgIpc) is 3.08. The van der Waals surface area contributed by atoms with Gasteiger partial charge in [0, 0.05) is 12.3 Å². The van der Waals surface area contributed by atoms with E-state index in [1.807, 2.05) is 43.3 Å². The van der Waals surface area contributed by atoms with Crippen LogP contribution in [0.4, 0.5) is 0 Å². The number of aryl methyl sites for hydroxylation is 2. The lowest BCUT2D eigenvalue weighted by Crippen LogP contribution is -2.17. The minimum atomic E-state index is -0.620. The van der Waals surface area contributed by atoms with Gasteiger partial charge in [0.25, 0.3) is 5.56 Å². The van der Waals surface area contributed by atoms with Gasteiger partial charge < -0.3 is 4.74 Å². The van der Waals surface area contributed by atoms with Crippen LogP contribution in [-0.4, -0.2) is 30.3 Å². The molecule has 8 heteroatoms. The first-order valence-electron chi connectivity index (χ1n) is 8.67. The largest absolute Gasteiger partial charge is 0.454 e. The van der Waals surface area contributed by atoms with Crippen LogP contribution >= 0.6 is 0 Å². The molecule has 140 valence electrons. The van der Waals surface area contributed by atoms with E-state index in [4.69, 9.17) is 4.74 Å². The molecule has 8 nitrogen and oxygen atoms in total. The third-order valence-electron chi connectivity index (χ3n) is 4.19. The maximum Gasteiger partial charge on any atom is 0.361 e. The Bertz CT molecular complexity index is 1230. The van der Waals surface area contributed by atoms with Gasteiger partial charge in [0.2, 0.25) is 0 Å². The summed E-state index contributed by atoms with van der Waals surface area (Å²) in [6.45, 7) is 3.47. The molecule has 0 N–H and O–H groups in total. The zero-order valence-corrected chi connectivity index (χ0v) is 15.4. The molecule has 28 heavy (non-hydrogen) atoms. The first-order chi connectivity index (χ1) is 13.5. The summed E-state index contributed by atoms with van der Waals surface area (Å²) in [5.41, 5.74) is 2.94. The minimum absolute atomic E-state index is 0.122. The smallest absolute Gasteiger partial charge is 0.361 e. The van der Waals surface area contributed by atoms with Crippen molar-refractivity contribution in [1.82, 2.24) is 24.4 Å². The lowest BCUT2D eigenvalue weighted by atomic mass is 10.3. The Morgan fingerprint density at radius 1 is 1.07 bits per heavy atom. The van der Waals surface area contributed by atoms with Crippen LogP contribution < -0.4 is 5.56 Å². The Kier molecular flexibility index (Phi) is 4.44. The number of pyridine rings is 1. The van der Waals surface area contributed by atoms with Crippen LogP contribution in [0, 0.1) is 13.8 Å². The Hall–Kier alpha value is -3.81. The maximum atomic E-state index is 12.4. The van der Waals surface area contributed by atoms with Crippen molar-refractivity contribution < 1.29 is 9.53 Å². The molecule has 0 radical (unpaired) electrons. The monoisotopic (exact) mass is 375 g/mol. The Morgan fingerprint density at radius 2 is 1.86 bits per heavy atom. The predicted molar refractivity (Wildman–Crippen MR) is 101 cm³/mol. The molecule has 1 aromatic carbocycles. The molecule has 0 fully saturated rings. The second-order valence-electron chi connectivity index (χ2n) is 6.35. The third-order valence-corrected chi connectivity index (χ3v) is 4.19. The van der Waals surface area contributed by atoms with E-state index in [0.717, 1.165) is 11.3 Å². The van der Waals surface area contributed by atoms with Crippen LogP contribution in [0.1, 0.15) is 27.4 Å². The van der Waals surface area contributed by atoms with E-state index in [9.17, 15) is 9.59 Å². The van der Waals surface area contributed by atoms with E-state index in [0.29, 0.717) is 17.0 Å². The minimum Gasteiger partial charge on any atom is -0.454 e. The van der Waals surface area contributed by atoms with Crippen molar-refractivity contribution in [2.75, 3.05) is 0 Å². The second-order valence-corrected chi connectivity index (χ2v) is 6.35. The SMILES string of the molecule is Cc1ccn2c(=O)cc(COC(=O)c3nn(-c4ccccc4)nc3C)nc2c1. The van der Waals surface area contributed by atoms with E-state index in [1.54, 1.807) is 19.2 Å². The standard InChI is InChI=1S/C20H17N5O3/c1-13-8-9-24-17(10-13)21-15(11-18(24)26)12-28-20(27)19-14(2)22-25(23-19)16-6-4-3-5-7-16/h3-11H,12H2,1-2H3. The number of carbonyl (C=O) groups is 1. The molecule has 0 saturated heterocycles. The summed E-state index contributed by atoms with van der Waals surface area (Å²) in [6.07, 6.45) is 1.67. The molecule has 0 bridgehead atoms. The summed E-state index contributed by atoms with van der Waals surface area (Å²) in [7, 11) is 0. The number of fused-ring (bicyclic) bond motifs is 1. The Labute approximate surface area is 160 Å². The molecular weight excluding hydrogens is 358 g/mol. The van der Waals surface area contributed by atoms with E-state index >= 15 is 0 Å². The van der Waals surface area contributed by atoms with Gasteiger partial charge in [-0.1, -0.05) is 18.2 Å². The van der Waals surface area contributed by atoms with Crippen LogP contribution in [0.5, 0.6) is 0 Å². The van der Waals surface area contributed by atoms with E-state index < -0.39 is 5.97 Å². The summed E-state index contributed by atoms with van der Waals surface area (Å²) in [6, 6.07) is 14.2. The van der Waals surface area contributed by atoms with E-state index in [-0.39, 0.29) is 17.9 Å². The molecule has 0 atom stereocenters. The average molecular weight is 375 g/mol. The van der Waals surface area contributed by atoms with Crippen LogP contribution in [-0.2, 0) is 11.3 Å². The molecule has 0 aliphatic rings. The fraction of sp³-hybridized carbons (Fsp3) is 0.150. The van der Waals surface area contributed by atoms with Gasteiger partial charge in [0.1, 0.15) is 12.3 Å². The first-order valence-corrected chi connectivity index (χ1v) is 8.67. The van der Waals surface area contributed by atoms with Crippen molar-refractivity contribution in [3.63, 3.8) is 0 Å². The number of para-hydroxylation sites is 1. The third kappa shape index (κ3) is 3.39. The zero-order valence-electron chi connectivity index (χ0n) is 15.4. The highest BCUT2D eigenvalue weighted by molar-refractivity contribution is 5.88. The van der Waals surface area contributed by atoms with Gasteiger partial charge in [0.15, 0.2) is 5.69 Å². The van der Waals surface area contributed by atoms with Gasteiger partial charge in [-0.3, -0.25) is 9.20 Å². The topological polar surface area (TPSA) is 91.4 Å². The molecule has 4 aromatic rings. The molecule has 0 amide bonds. The maximum absolute atomic E-state index is 12.4. The quantitative estimate of drug-likeness (QED) is 0.508. The molecule has 0 aliphatic heterocycles. The molecular formula is C20H17N5O3. The normalized spacial score (nSPS) is 10.9. The molecule has 3 aromatic heterocycles. The number of benzene rings is 1. The number of carbonyl (C=O) groups excluding carboxylic acids is 1. The van der Waals surface area contributed by atoms with Gasteiger partial charge in [-0.25, -0.2) is 9.78 Å². The summed E-state index contributed by atoms with van der Waals surface area (Å²) < 4.78 is 6.75. The van der Waals surface area contributed by atoms with Gasteiger partial charge in [-0.15, -0.1) is 5.10 Å². The number of esters is 1. The highest BCUT2D eigenvalue weighted by atomic mass is 16.5. The van der Waals surface area contributed by atoms with Gasteiger partial charge in [0.05, 0.1) is 17.1 Å². The van der Waals surface area contributed by atoms with Crippen molar-refractivity contribution in [1.29, 1.82) is 0 Å². The molecule has 3 heterocycles. The number of hydrogen-bond donors (Lipinski definition) is 0. The Balaban J connectivity index is 1.54. The highest BCUT2D eigenvalue weighted by Gasteiger charge is 2.18. The molecule has 4 rings (SSSR count). The van der Waals surface area contributed by atoms with Crippen molar-refractivity contribution in [2.45, 2.75) is 20.5 Å². The molecule has 0 saturated carbocycles. The highest BCUT2D eigenvalue weighted by Crippen LogP contribution is 2.10. The van der Waals surface area contributed by atoms with Crippen molar-refractivity contribution >= 4 is 11.6 Å². The number of aromatic nitrogens is 5. The number of ether oxygens (including phenoxy) is 1. The van der Waals surface area contributed by atoms with Crippen molar-refractivity contribution in [3.05, 3.63) is 87.7 Å². The molecule has 0 aliphatic carbocycles. The predicted octanol–water partition coefficient (Wildman–Crippen LogP) is 2.25. The fourth-order valence-corrected chi connectivity index (χ4v) is 2.78. The van der Waals surface area contributed by atoms with E-state index in [2.05, 4.69) is 15.2 Å². The number of rotatable bonds is 4. The van der Waals surface area contributed by atoms with Crippen molar-refractivity contribution in [3.8, 4) is 5.69 Å². The summed E-state index contributed by atoms with van der Waals surface area (Å²) >= 11 is 0. The zero-order chi connectivity index (χ0) is 19.7. The van der Waals surface area contributed by atoms with Gasteiger partial charge >= 0.3 is 5.97 Å².